The molecular formula is C11H15N3O5S. The topological polar surface area (TPSA) is 139 Å². The monoisotopic (exact) mass is 301 g/mol. The third-order valence-corrected chi connectivity index (χ3v) is 3.22. The fourth-order valence-electron chi connectivity index (χ4n) is 1.34. The van der Waals surface area contributed by atoms with Crippen molar-refractivity contribution >= 4 is 27.7 Å². The van der Waals surface area contributed by atoms with Crippen molar-refractivity contribution in [3.05, 3.63) is 24.3 Å². The Bertz CT molecular complexity index is 583. The van der Waals surface area contributed by atoms with E-state index in [1.54, 1.807) is 0 Å². The lowest BCUT2D eigenvalue weighted by molar-refractivity contribution is -0.137. The zero-order valence-corrected chi connectivity index (χ0v) is 11.3. The first-order valence-corrected chi connectivity index (χ1v) is 7.23. The van der Waals surface area contributed by atoms with Crippen LogP contribution in [-0.2, 0) is 14.8 Å². The first-order valence-electron chi connectivity index (χ1n) is 5.68. The number of carboxylic acids is 1. The van der Waals surface area contributed by atoms with Crippen molar-refractivity contribution in [3.8, 4) is 0 Å². The van der Waals surface area contributed by atoms with Crippen molar-refractivity contribution in [2.45, 2.75) is 17.7 Å². The van der Waals surface area contributed by atoms with Gasteiger partial charge < -0.3 is 15.7 Å². The lowest BCUT2D eigenvalue weighted by Gasteiger charge is -2.07. The van der Waals surface area contributed by atoms with Crippen LogP contribution in [0.5, 0.6) is 0 Å². The molecule has 5 N–H and O–H groups in total. The van der Waals surface area contributed by atoms with Crippen molar-refractivity contribution in [1.29, 1.82) is 0 Å². The zero-order chi connectivity index (χ0) is 15.2. The van der Waals surface area contributed by atoms with E-state index < -0.39 is 22.0 Å². The van der Waals surface area contributed by atoms with Gasteiger partial charge in [-0.1, -0.05) is 0 Å². The number of amides is 2. The zero-order valence-electron chi connectivity index (χ0n) is 10.5. The predicted molar refractivity (Wildman–Crippen MR) is 71.7 cm³/mol. The highest BCUT2D eigenvalue weighted by Gasteiger charge is 2.07. The summed E-state index contributed by atoms with van der Waals surface area (Å²) in [4.78, 5) is 21.6. The fourth-order valence-corrected chi connectivity index (χ4v) is 1.86. The molecule has 0 saturated carbocycles. The number of urea groups is 1. The van der Waals surface area contributed by atoms with Crippen molar-refractivity contribution in [1.82, 2.24) is 5.32 Å². The Morgan fingerprint density at radius 1 is 1.20 bits per heavy atom. The molecule has 8 nitrogen and oxygen atoms in total. The number of benzene rings is 1. The van der Waals surface area contributed by atoms with E-state index in [0.717, 1.165) is 0 Å². The van der Waals surface area contributed by atoms with Gasteiger partial charge in [-0.3, -0.25) is 4.79 Å². The van der Waals surface area contributed by atoms with Crippen molar-refractivity contribution in [2.24, 2.45) is 5.14 Å². The van der Waals surface area contributed by atoms with Crippen LogP contribution in [0.4, 0.5) is 10.5 Å². The van der Waals surface area contributed by atoms with Crippen LogP contribution in [0.3, 0.4) is 0 Å². The number of nitrogens with one attached hydrogen (secondary N) is 2. The van der Waals surface area contributed by atoms with Crippen LogP contribution < -0.4 is 15.8 Å². The third kappa shape index (κ3) is 5.67. The minimum absolute atomic E-state index is 0.0245. The molecule has 0 spiro atoms. The molecule has 0 aliphatic heterocycles. The Labute approximate surface area is 116 Å². The molecular weight excluding hydrogens is 286 g/mol. The Morgan fingerprint density at radius 3 is 2.30 bits per heavy atom. The smallest absolute Gasteiger partial charge is 0.319 e. The number of primary sulfonamides is 1. The quantitative estimate of drug-likeness (QED) is 0.560. The van der Waals surface area contributed by atoms with Crippen LogP contribution in [0.25, 0.3) is 0 Å². The minimum atomic E-state index is -3.76. The van der Waals surface area contributed by atoms with E-state index in [1.807, 2.05) is 0 Å². The van der Waals surface area contributed by atoms with Gasteiger partial charge in [-0.05, 0) is 30.7 Å². The molecule has 0 heterocycles. The molecule has 0 aromatic heterocycles. The number of carbonyl (C=O) groups excluding carboxylic acids is 1. The Hall–Kier alpha value is -2.13. The van der Waals surface area contributed by atoms with Crippen molar-refractivity contribution in [2.75, 3.05) is 11.9 Å². The average Bonchev–Trinajstić information content (AvgIpc) is 2.34. The summed E-state index contributed by atoms with van der Waals surface area (Å²) in [6.45, 7) is 0.230. The van der Waals surface area contributed by atoms with Crippen LogP contribution in [0.2, 0.25) is 0 Å². The van der Waals surface area contributed by atoms with Gasteiger partial charge in [-0.2, -0.15) is 0 Å². The first kappa shape index (κ1) is 15.9. The van der Waals surface area contributed by atoms with Crippen molar-refractivity contribution < 1.29 is 23.1 Å². The molecule has 0 unspecified atom stereocenters. The Kier molecular flexibility index (Phi) is 5.47. The molecule has 0 aliphatic carbocycles. The van der Waals surface area contributed by atoms with Gasteiger partial charge in [0.15, 0.2) is 0 Å². The summed E-state index contributed by atoms with van der Waals surface area (Å²) in [5, 5.41) is 18.3. The number of aliphatic carboxylic acids is 1. The summed E-state index contributed by atoms with van der Waals surface area (Å²) in [5.74, 6) is -0.925. The number of carboxylic acid groups (broad SMARTS) is 1. The first-order chi connectivity index (χ1) is 9.29. The fraction of sp³-hybridized carbons (Fsp3) is 0.273. The van der Waals surface area contributed by atoms with Crippen LogP contribution in [0.1, 0.15) is 12.8 Å². The second-order valence-electron chi connectivity index (χ2n) is 3.95. The predicted octanol–water partition coefficient (Wildman–Crippen LogP) is 0.320. The summed E-state index contributed by atoms with van der Waals surface area (Å²) in [6, 6.07) is 4.84. The van der Waals surface area contributed by atoms with E-state index in [1.165, 1.54) is 24.3 Å². The SMILES string of the molecule is NS(=O)(=O)c1ccc(NC(=O)NCCCC(=O)O)cc1. The van der Waals surface area contributed by atoms with Gasteiger partial charge in [-0.15, -0.1) is 0 Å². The number of hydrogen-bond donors (Lipinski definition) is 4. The molecule has 0 aliphatic rings. The largest absolute Gasteiger partial charge is 0.481 e. The molecule has 2 amide bonds. The second kappa shape index (κ2) is 6.87. The van der Waals surface area contributed by atoms with Crippen molar-refractivity contribution in [3.63, 3.8) is 0 Å². The van der Waals surface area contributed by atoms with Gasteiger partial charge in [0.1, 0.15) is 0 Å². The van der Waals surface area contributed by atoms with E-state index in [2.05, 4.69) is 10.6 Å². The maximum atomic E-state index is 11.4. The summed E-state index contributed by atoms with van der Waals surface area (Å²) >= 11 is 0. The van der Waals surface area contributed by atoms with Gasteiger partial charge in [-0.25, -0.2) is 18.4 Å². The van der Waals surface area contributed by atoms with Crippen LogP contribution >= 0.6 is 0 Å². The molecule has 20 heavy (non-hydrogen) atoms. The highest BCUT2D eigenvalue weighted by atomic mass is 32.2. The number of anilines is 1. The van der Waals surface area contributed by atoms with E-state index in [9.17, 15) is 18.0 Å². The van der Waals surface area contributed by atoms with Gasteiger partial charge >= 0.3 is 12.0 Å². The molecule has 110 valence electrons. The van der Waals surface area contributed by atoms with E-state index in [4.69, 9.17) is 10.2 Å². The minimum Gasteiger partial charge on any atom is -0.481 e. The maximum absolute atomic E-state index is 11.4. The Morgan fingerprint density at radius 2 is 1.80 bits per heavy atom. The van der Waals surface area contributed by atoms with Gasteiger partial charge in [0, 0.05) is 18.7 Å². The number of carbonyl (C=O) groups is 2. The van der Waals surface area contributed by atoms with E-state index in [-0.39, 0.29) is 17.9 Å². The Balaban J connectivity index is 2.44. The third-order valence-electron chi connectivity index (χ3n) is 2.29. The highest BCUT2D eigenvalue weighted by Crippen LogP contribution is 2.12. The average molecular weight is 301 g/mol. The van der Waals surface area contributed by atoms with Gasteiger partial charge in [0.2, 0.25) is 10.0 Å². The molecule has 1 rings (SSSR count). The molecule has 1 aromatic rings. The standard InChI is InChI=1S/C11H15N3O5S/c12-20(18,19)9-5-3-8(4-6-9)14-11(17)13-7-1-2-10(15)16/h3-6H,1-2,7H2,(H,15,16)(H2,12,18,19)(H2,13,14,17). The summed E-state index contributed by atoms with van der Waals surface area (Å²) in [6.07, 6.45) is 0.302. The highest BCUT2D eigenvalue weighted by molar-refractivity contribution is 7.89. The normalized spacial score (nSPS) is 10.8. The van der Waals surface area contributed by atoms with Gasteiger partial charge in [0.25, 0.3) is 0 Å². The van der Waals surface area contributed by atoms with Crippen LogP contribution in [0.15, 0.2) is 29.2 Å². The molecule has 0 fully saturated rings. The summed E-state index contributed by atoms with van der Waals surface area (Å²) < 4.78 is 22.1. The summed E-state index contributed by atoms with van der Waals surface area (Å²) in [7, 11) is -3.76. The molecule has 0 radical (unpaired) electrons. The molecule has 0 bridgehead atoms. The maximum Gasteiger partial charge on any atom is 0.319 e. The number of nitrogens with two attached hydrogens (primary N) is 1. The lowest BCUT2D eigenvalue weighted by Crippen LogP contribution is -2.29. The van der Waals surface area contributed by atoms with Crippen LogP contribution in [0, 0.1) is 0 Å². The number of hydrogen-bond acceptors (Lipinski definition) is 4. The lowest BCUT2D eigenvalue weighted by atomic mass is 10.3. The number of rotatable bonds is 6. The van der Waals surface area contributed by atoms with Gasteiger partial charge in [0.05, 0.1) is 4.90 Å². The number of sulfonamides is 1. The second-order valence-corrected chi connectivity index (χ2v) is 5.51. The van der Waals surface area contributed by atoms with Crippen LogP contribution in [-0.4, -0.2) is 32.1 Å². The molecule has 0 atom stereocenters. The molecule has 1 aromatic carbocycles. The van der Waals surface area contributed by atoms with E-state index >= 15 is 0 Å². The summed E-state index contributed by atoms with van der Waals surface area (Å²) in [5.41, 5.74) is 0.396. The van der Waals surface area contributed by atoms with E-state index in [0.29, 0.717) is 12.1 Å². The molecule has 9 heteroatoms. The molecule has 0 saturated heterocycles.